The van der Waals surface area contributed by atoms with Crippen LogP contribution in [0.15, 0.2) is 12.4 Å². The first-order chi connectivity index (χ1) is 6.33. The molecule has 2 N–H and O–H groups in total. The first-order valence-electron chi connectivity index (χ1n) is 4.55. The Labute approximate surface area is 77.8 Å². The maximum atomic E-state index is 5.58. The number of anilines is 1. The van der Waals surface area contributed by atoms with E-state index in [1.165, 1.54) is 12.8 Å². The van der Waals surface area contributed by atoms with Crippen molar-refractivity contribution in [2.75, 3.05) is 11.9 Å². The molecule has 1 heterocycles. The lowest BCUT2D eigenvalue weighted by Crippen LogP contribution is -2.23. The van der Waals surface area contributed by atoms with Gasteiger partial charge in [0.05, 0.1) is 5.69 Å². The van der Waals surface area contributed by atoms with Crippen molar-refractivity contribution in [2.24, 2.45) is 5.73 Å². The number of rotatable bonds is 3. The summed E-state index contributed by atoms with van der Waals surface area (Å²) in [6, 6.07) is 0.655. The molecule has 1 fully saturated rings. The van der Waals surface area contributed by atoms with E-state index in [0.29, 0.717) is 12.6 Å². The van der Waals surface area contributed by atoms with Crippen LogP contribution in [0.25, 0.3) is 0 Å². The van der Waals surface area contributed by atoms with Crippen LogP contribution in [0, 0.1) is 0 Å². The SMILES string of the molecule is CN(c1nccnc1CN)C1CC1. The highest BCUT2D eigenvalue weighted by molar-refractivity contribution is 5.44. The van der Waals surface area contributed by atoms with E-state index >= 15 is 0 Å². The third-order valence-electron chi connectivity index (χ3n) is 2.37. The first-order valence-corrected chi connectivity index (χ1v) is 4.55. The molecule has 2 rings (SSSR count). The van der Waals surface area contributed by atoms with E-state index in [1.54, 1.807) is 12.4 Å². The van der Waals surface area contributed by atoms with E-state index in [4.69, 9.17) is 5.73 Å². The van der Waals surface area contributed by atoms with Gasteiger partial charge in [-0.15, -0.1) is 0 Å². The lowest BCUT2D eigenvalue weighted by molar-refractivity contribution is 0.849. The van der Waals surface area contributed by atoms with Crippen molar-refractivity contribution in [3.63, 3.8) is 0 Å². The lowest BCUT2D eigenvalue weighted by Gasteiger charge is -2.18. The van der Waals surface area contributed by atoms with Crippen molar-refractivity contribution in [3.05, 3.63) is 18.1 Å². The largest absolute Gasteiger partial charge is 0.355 e. The predicted octanol–water partition coefficient (Wildman–Crippen LogP) is 0.534. The zero-order chi connectivity index (χ0) is 9.26. The lowest BCUT2D eigenvalue weighted by atomic mass is 10.3. The summed E-state index contributed by atoms with van der Waals surface area (Å²) in [6.07, 6.45) is 5.92. The minimum Gasteiger partial charge on any atom is -0.355 e. The summed E-state index contributed by atoms with van der Waals surface area (Å²) in [4.78, 5) is 10.7. The van der Waals surface area contributed by atoms with Gasteiger partial charge in [0.25, 0.3) is 0 Å². The zero-order valence-electron chi connectivity index (χ0n) is 7.77. The normalized spacial score (nSPS) is 15.8. The molecule has 0 saturated heterocycles. The van der Waals surface area contributed by atoms with Gasteiger partial charge in [-0.25, -0.2) is 4.98 Å². The van der Waals surface area contributed by atoms with Gasteiger partial charge in [0.1, 0.15) is 0 Å². The Morgan fingerprint density at radius 2 is 2.15 bits per heavy atom. The number of nitrogens with zero attached hydrogens (tertiary/aromatic N) is 3. The third-order valence-corrected chi connectivity index (χ3v) is 2.37. The second kappa shape index (κ2) is 3.30. The fraction of sp³-hybridized carbons (Fsp3) is 0.556. The summed E-state index contributed by atoms with van der Waals surface area (Å²) in [5, 5.41) is 0. The molecule has 13 heavy (non-hydrogen) atoms. The fourth-order valence-electron chi connectivity index (χ4n) is 1.43. The van der Waals surface area contributed by atoms with E-state index in [2.05, 4.69) is 21.9 Å². The summed E-state index contributed by atoms with van der Waals surface area (Å²) in [7, 11) is 2.06. The van der Waals surface area contributed by atoms with Crippen molar-refractivity contribution >= 4 is 5.82 Å². The Bertz CT molecular complexity index is 295. The Morgan fingerprint density at radius 3 is 2.77 bits per heavy atom. The topological polar surface area (TPSA) is 55.0 Å². The Hall–Kier alpha value is -1.16. The number of nitrogens with two attached hydrogens (primary N) is 1. The fourth-order valence-corrected chi connectivity index (χ4v) is 1.43. The zero-order valence-corrected chi connectivity index (χ0v) is 7.77. The first kappa shape index (κ1) is 8.44. The van der Waals surface area contributed by atoms with Gasteiger partial charge in [0, 0.05) is 32.0 Å². The average molecular weight is 178 g/mol. The van der Waals surface area contributed by atoms with Gasteiger partial charge in [0.15, 0.2) is 5.82 Å². The van der Waals surface area contributed by atoms with Gasteiger partial charge in [-0.1, -0.05) is 0 Å². The Kier molecular flexibility index (Phi) is 2.14. The highest BCUT2D eigenvalue weighted by Crippen LogP contribution is 2.29. The van der Waals surface area contributed by atoms with E-state index in [-0.39, 0.29) is 0 Å². The molecule has 4 heteroatoms. The molecule has 1 saturated carbocycles. The van der Waals surface area contributed by atoms with Crippen LogP contribution < -0.4 is 10.6 Å². The molecule has 1 aliphatic rings. The molecule has 1 aromatic heterocycles. The van der Waals surface area contributed by atoms with Crippen LogP contribution in [0.3, 0.4) is 0 Å². The minimum atomic E-state index is 0.459. The summed E-state index contributed by atoms with van der Waals surface area (Å²) in [5.41, 5.74) is 6.47. The molecule has 0 aromatic carbocycles. The van der Waals surface area contributed by atoms with Crippen LogP contribution in [0.4, 0.5) is 5.82 Å². The number of aromatic nitrogens is 2. The molecule has 0 atom stereocenters. The summed E-state index contributed by atoms with van der Waals surface area (Å²) >= 11 is 0. The van der Waals surface area contributed by atoms with Crippen molar-refractivity contribution in [1.82, 2.24) is 9.97 Å². The van der Waals surface area contributed by atoms with E-state index in [9.17, 15) is 0 Å². The molecule has 1 aliphatic carbocycles. The molecule has 4 nitrogen and oxygen atoms in total. The molecule has 0 unspecified atom stereocenters. The van der Waals surface area contributed by atoms with Gasteiger partial charge < -0.3 is 10.6 Å². The molecule has 0 amide bonds. The summed E-state index contributed by atoms with van der Waals surface area (Å²) < 4.78 is 0. The van der Waals surface area contributed by atoms with E-state index in [0.717, 1.165) is 11.5 Å². The number of hydrogen-bond acceptors (Lipinski definition) is 4. The van der Waals surface area contributed by atoms with Crippen LogP contribution >= 0.6 is 0 Å². The standard InChI is InChI=1S/C9H14N4/c1-13(7-2-3-7)9-8(6-10)11-4-5-12-9/h4-5,7H,2-3,6,10H2,1H3. The third kappa shape index (κ3) is 1.62. The van der Waals surface area contributed by atoms with E-state index in [1.807, 2.05) is 0 Å². The average Bonchev–Trinajstić information content (AvgIpc) is 3.00. The van der Waals surface area contributed by atoms with Crippen LogP contribution in [0.2, 0.25) is 0 Å². The summed E-state index contributed by atoms with van der Waals surface area (Å²) in [5.74, 6) is 0.938. The highest BCUT2D eigenvalue weighted by Gasteiger charge is 2.28. The molecule has 70 valence electrons. The molecule has 0 spiro atoms. The monoisotopic (exact) mass is 178 g/mol. The van der Waals surface area contributed by atoms with Gasteiger partial charge >= 0.3 is 0 Å². The molecule has 0 bridgehead atoms. The maximum Gasteiger partial charge on any atom is 0.151 e. The van der Waals surface area contributed by atoms with Crippen LogP contribution in [0.1, 0.15) is 18.5 Å². The second-order valence-electron chi connectivity index (χ2n) is 3.37. The molecule has 0 aliphatic heterocycles. The maximum absolute atomic E-state index is 5.58. The molecule has 1 aromatic rings. The van der Waals surface area contributed by atoms with Crippen molar-refractivity contribution in [2.45, 2.75) is 25.4 Å². The van der Waals surface area contributed by atoms with Gasteiger partial charge in [-0.05, 0) is 12.8 Å². The quantitative estimate of drug-likeness (QED) is 0.733. The van der Waals surface area contributed by atoms with Crippen molar-refractivity contribution < 1.29 is 0 Å². The summed E-state index contributed by atoms with van der Waals surface area (Å²) in [6.45, 7) is 0.459. The van der Waals surface area contributed by atoms with Gasteiger partial charge in [-0.3, -0.25) is 4.98 Å². The number of hydrogen-bond donors (Lipinski definition) is 1. The van der Waals surface area contributed by atoms with Crippen LogP contribution in [-0.2, 0) is 6.54 Å². The van der Waals surface area contributed by atoms with Crippen LogP contribution in [0.5, 0.6) is 0 Å². The minimum absolute atomic E-state index is 0.459. The second-order valence-corrected chi connectivity index (χ2v) is 3.37. The van der Waals surface area contributed by atoms with Crippen molar-refractivity contribution in [3.8, 4) is 0 Å². The predicted molar refractivity (Wildman–Crippen MR) is 51.3 cm³/mol. The molecule has 0 radical (unpaired) electrons. The smallest absolute Gasteiger partial charge is 0.151 e. The van der Waals surface area contributed by atoms with Gasteiger partial charge in [0.2, 0.25) is 0 Å². The van der Waals surface area contributed by atoms with E-state index < -0.39 is 0 Å². The van der Waals surface area contributed by atoms with Gasteiger partial charge in [-0.2, -0.15) is 0 Å². The molecular weight excluding hydrogens is 164 g/mol. The van der Waals surface area contributed by atoms with Crippen LogP contribution in [-0.4, -0.2) is 23.1 Å². The Balaban J connectivity index is 2.26. The van der Waals surface area contributed by atoms with Crippen molar-refractivity contribution in [1.29, 1.82) is 0 Å². The highest BCUT2D eigenvalue weighted by atomic mass is 15.2. The Morgan fingerprint density at radius 1 is 1.46 bits per heavy atom. The molecular formula is C9H14N4.